The number of hydrogen-bond donors (Lipinski definition) is 8. The predicted octanol–water partition coefficient (Wildman–Crippen LogP) is 9.56. The van der Waals surface area contributed by atoms with Gasteiger partial charge in [-0.25, -0.2) is 9.59 Å². The summed E-state index contributed by atoms with van der Waals surface area (Å²) in [6.45, 7) is 30.6. The largest absolute Gasteiger partial charge is 0.467 e. The fourth-order valence-corrected chi connectivity index (χ4v) is 24.3. The van der Waals surface area contributed by atoms with Gasteiger partial charge >= 0.3 is 12.1 Å². The Kier molecular flexibility index (Phi) is 26.2. The van der Waals surface area contributed by atoms with Crippen LogP contribution in [-0.2, 0) is 130 Å². The quantitative estimate of drug-likeness (QED) is 0.0634. The van der Waals surface area contributed by atoms with Crippen LogP contribution >= 0.6 is 0 Å². The molecule has 8 heterocycles. The van der Waals surface area contributed by atoms with Gasteiger partial charge in [-0.15, -0.1) is 0 Å². The number of carbonyl (C=O) groups excluding carboxylic acids is 9. The van der Waals surface area contributed by atoms with Gasteiger partial charge in [-0.1, -0.05) is 30.3 Å². The summed E-state index contributed by atoms with van der Waals surface area (Å²) in [6.07, 6.45) is -4.69. The molecule has 0 bridgehead atoms. The fraction of sp³-hybridized carbons (Fsp3) is 0.845. The zero-order valence-electron chi connectivity index (χ0n) is 80.5. The molecule has 0 aromatic heterocycles. The molecule has 35 heteroatoms. The standard InChI is InChI=1S/C97H146N8O27/c1-56-57(2)118-90(117-56)39-23-82(24-40-90,99-75(108)84(27-43-92(44-28-84)121-60(5)61(6)122-92)101-77(110)86(31-47-94(48-32-86)125-64(9)65(10)126-94)103-79(112)88(105-81(114)116-55-72-21-19-18-20-22-72)35-51-96(52-36-88)129-68(13)69(14)130-96)73(106)98-83(25-41-91(42-26-83)119-58(3)59(4)120-91)74(107)100-85(29-45-93(46-30-85)123-62(7)63(8)124-93)76(109)102-87(33-49-95(50-34-87)127-66(11)67(12)128-95)78(111)104-89(80(113)115-17)37-53-97(54-38-89)131-70(15)71(16)132-97/h18-22,56-71H,23-55H2,1-17H3,(H,98,106)(H,99,108)(H,100,107)(H,101,110)(H,102,109)(H,103,112)(H,104,111)(H,105,114)/t56-,57-,58-,59-,60-,61-,62-,63-,64-,65-,66-,67-,68-,69-,70-,71-/m1/s1. The Labute approximate surface area is 774 Å². The van der Waals surface area contributed by atoms with Gasteiger partial charge in [-0.3, -0.25) is 33.6 Å². The molecule has 8 aliphatic heterocycles. The number of nitrogens with one attached hydrogen (secondary N) is 8. The van der Waals surface area contributed by atoms with Gasteiger partial charge in [0.2, 0.25) is 41.4 Å². The van der Waals surface area contributed by atoms with Crippen LogP contribution in [0.5, 0.6) is 0 Å². The summed E-state index contributed by atoms with van der Waals surface area (Å²) in [7, 11) is 1.27. The zero-order chi connectivity index (χ0) is 94.3. The summed E-state index contributed by atoms with van der Waals surface area (Å²) < 4.78 is 117. The Hall–Kier alpha value is -6.39. The number of hydrogen-bond acceptors (Lipinski definition) is 27. The SMILES string of the molecule is COC(=O)C1(NC(=O)C2(NC(=O)C3(NC(=O)C4(NC(=O)C5(NC(=O)C6(NC(=O)C7(NC(=O)C8(NC(=O)OCc9ccccc9)CCC9(CC8)O[C@H](C)[C@@H](C)O9)CCC8(CC7)O[C@H](C)[C@@H](C)O8)CCC7(CC6)O[C@H](C)[C@@H](C)O7)CCC6(CC5)O[C@H](C)[C@@H](C)O6)CCC5(CC4)O[C@H](C)[C@@H](C)O5)CCC4(CC3)O[C@H](C)[C@@H](C)O4)CCC3(CC2)O[C@H](C)[C@@H](C)O3)CCC2(CC1)O[C@H](C)[C@@H](C)O2. The van der Waals surface area contributed by atoms with Crippen molar-refractivity contribution in [3.05, 3.63) is 35.9 Å². The highest BCUT2D eigenvalue weighted by molar-refractivity contribution is 6.04. The highest BCUT2D eigenvalue weighted by Gasteiger charge is 2.68. The summed E-state index contributed by atoms with van der Waals surface area (Å²) in [6, 6.07) is 9.15. The minimum absolute atomic E-state index is 0.0130. The molecule has 0 radical (unpaired) electrons. The number of alkyl carbamates (subject to hydrolysis) is 1. The minimum atomic E-state index is -1.95. The van der Waals surface area contributed by atoms with E-state index in [1.165, 1.54) is 7.11 Å². The Morgan fingerprint density at radius 1 is 0.227 bits per heavy atom. The van der Waals surface area contributed by atoms with E-state index in [9.17, 15) is 9.59 Å². The molecule has 35 nitrogen and oxygen atoms in total. The summed E-state index contributed by atoms with van der Waals surface area (Å²) in [4.78, 5) is 147. The minimum Gasteiger partial charge on any atom is -0.467 e. The third-order valence-electron chi connectivity index (χ3n) is 34.3. The van der Waals surface area contributed by atoms with Crippen molar-refractivity contribution >= 4 is 53.4 Å². The summed E-state index contributed by atoms with van der Waals surface area (Å²) in [5.74, 6) is -14.8. The van der Waals surface area contributed by atoms with E-state index < -0.39 is 144 Å². The van der Waals surface area contributed by atoms with E-state index in [0.717, 1.165) is 0 Å². The number of amides is 8. The predicted molar refractivity (Wildman–Crippen MR) is 469 cm³/mol. The zero-order valence-corrected chi connectivity index (χ0v) is 80.5. The second-order valence-corrected chi connectivity index (χ2v) is 43.0. The van der Waals surface area contributed by atoms with Gasteiger partial charge in [0.25, 0.3) is 0 Å². The number of esters is 1. The molecule has 0 unspecified atom stereocenters. The Morgan fingerprint density at radius 3 is 0.530 bits per heavy atom. The van der Waals surface area contributed by atoms with Crippen molar-refractivity contribution in [2.45, 2.75) is 511 Å². The Morgan fingerprint density at radius 2 is 0.371 bits per heavy atom. The lowest BCUT2D eigenvalue weighted by atomic mass is 9.71. The van der Waals surface area contributed by atoms with Crippen LogP contribution in [0, 0.1) is 0 Å². The van der Waals surface area contributed by atoms with Crippen LogP contribution in [0.25, 0.3) is 0 Å². The molecule has 8 aliphatic carbocycles. The van der Waals surface area contributed by atoms with Gasteiger partial charge in [0.05, 0.1) is 105 Å². The molecule has 16 fully saturated rings. The fourth-order valence-electron chi connectivity index (χ4n) is 24.3. The smallest absolute Gasteiger partial charge is 0.408 e. The molecule has 132 heavy (non-hydrogen) atoms. The maximum Gasteiger partial charge on any atom is 0.408 e. The van der Waals surface area contributed by atoms with E-state index >= 15 is 33.6 Å². The molecule has 8 spiro atoms. The van der Waals surface area contributed by atoms with E-state index in [4.69, 9.17) is 85.3 Å². The first-order valence-corrected chi connectivity index (χ1v) is 49.5. The molecule has 16 atom stereocenters. The lowest BCUT2D eigenvalue weighted by Crippen LogP contribution is -2.75. The molecule has 8 amide bonds. The van der Waals surface area contributed by atoms with E-state index in [1.54, 1.807) is 0 Å². The molecular weight excluding hydrogens is 1710 g/mol. The molecule has 8 saturated heterocycles. The maximum absolute atomic E-state index is 17.2. The van der Waals surface area contributed by atoms with Gasteiger partial charge in [-0.05, 0) is 219 Å². The summed E-state index contributed by atoms with van der Waals surface area (Å²) in [5, 5.41) is 26.2. The van der Waals surface area contributed by atoms with Crippen molar-refractivity contribution in [1.29, 1.82) is 0 Å². The molecular formula is C97H146N8O27. The number of methoxy groups -OCH3 is 1. The number of rotatable bonds is 18. The van der Waals surface area contributed by atoms with Crippen LogP contribution in [0.15, 0.2) is 30.3 Å². The normalized spacial score (nSPS) is 41.4. The Bertz CT molecular complexity index is 4310. The van der Waals surface area contributed by atoms with Gasteiger partial charge in [0.15, 0.2) is 46.3 Å². The van der Waals surface area contributed by atoms with Crippen LogP contribution in [0.4, 0.5) is 4.79 Å². The lowest BCUT2D eigenvalue weighted by molar-refractivity contribution is -0.209. The third kappa shape index (κ3) is 18.1. The molecule has 8 N–H and O–H groups in total. The van der Waals surface area contributed by atoms with Crippen LogP contribution in [0.1, 0.15) is 322 Å². The van der Waals surface area contributed by atoms with Gasteiger partial charge in [0, 0.05) is 103 Å². The number of benzene rings is 1. The number of carbonyl (C=O) groups is 9. The second kappa shape index (κ2) is 35.5. The van der Waals surface area contributed by atoms with Crippen LogP contribution in [0.3, 0.4) is 0 Å². The third-order valence-corrected chi connectivity index (χ3v) is 34.3. The molecule has 736 valence electrons. The van der Waals surface area contributed by atoms with E-state index in [-0.39, 0.29) is 310 Å². The van der Waals surface area contributed by atoms with Gasteiger partial charge in [0.1, 0.15) is 50.9 Å². The van der Waals surface area contributed by atoms with E-state index in [0.29, 0.717) is 5.56 Å². The Balaban J connectivity index is 0.714. The molecule has 17 rings (SSSR count). The van der Waals surface area contributed by atoms with Crippen molar-refractivity contribution < 1.29 is 128 Å². The molecule has 1 aromatic rings. The van der Waals surface area contributed by atoms with Crippen LogP contribution in [-0.4, -0.2) is 249 Å². The summed E-state index contributed by atoms with van der Waals surface area (Å²) in [5.41, 5.74) is -13.9. The molecule has 16 aliphatic rings. The van der Waals surface area contributed by atoms with Crippen molar-refractivity contribution in [3.8, 4) is 0 Å². The average molecular weight is 1860 g/mol. The first kappa shape index (κ1) is 97.3. The van der Waals surface area contributed by atoms with Crippen molar-refractivity contribution in [2.24, 2.45) is 0 Å². The molecule has 1 aromatic carbocycles. The number of ether oxygens (including phenoxy) is 18. The second-order valence-electron chi connectivity index (χ2n) is 43.0. The van der Waals surface area contributed by atoms with Gasteiger partial charge < -0.3 is 128 Å². The van der Waals surface area contributed by atoms with Crippen LogP contribution < -0.4 is 42.5 Å². The topological polar surface area (TPSA) is 416 Å². The maximum atomic E-state index is 17.2. The lowest BCUT2D eigenvalue weighted by Gasteiger charge is -2.51. The molecule has 8 saturated carbocycles. The highest BCUT2D eigenvalue weighted by atomic mass is 16.8. The van der Waals surface area contributed by atoms with E-state index in [1.807, 2.05) is 141 Å². The first-order valence-electron chi connectivity index (χ1n) is 49.5. The van der Waals surface area contributed by atoms with Crippen LogP contribution in [0.2, 0.25) is 0 Å². The van der Waals surface area contributed by atoms with E-state index in [2.05, 4.69) is 42.5 Å². The highest BCUT2D eigenvalue weighted by Crippen LogP contribution is 2.55. The van der Waals surface area contributed by atoms with Crippen molar-refractivity contribution in [2.75, 3.05) is 7.11 Å². The summed E-state index contributed by atoms with van der Waals surface area (Å²) >= 11 is 0. The monoisotopic (exact) mass is 1860 g/mol. The van der Waals surface area contributed by atoms with Crippen molar-refractivity contribution in [3.63, 3.8) is 0 Å². The van der Waals surface area contributed by atoms with Gasteiger partial charge in [-0.2, -0.15) is 0 Å². The average Bonchev–Trinajstić information content (AvgIpc) is 1.31. The van der Waals surface area contributed by atoms with Crippen molar-refractivity contribution in [1.82, 2.24) is 42.5 Å². The first-order chi connectivity index (χ1) is 62.3.